The summed E-state index contributed by atoms with van der Waals surface area (Å²) >= 11 is 6.29. The molecule has 0 aromatic heterocycles. The molecule has 3 amide bonds. The average molecular weight is 307 g/mol. The van der Waals surface area contributed by atoms with E-state index < -0.39 is 11.8 Å². The van der Waals surface area contributed by atoms with Crippen LogP contribution in [0.4, 0.5) is 0 Å². The zero-order valence-corrected chi connectivity index (χ0v) is 11.8. The van der Waals surface area contributed by atoms with E-state index in [1.807, 2.05) is 0 Å². The van der Waals surface area contributed by atoms with E-state index in [-0.39, 0.29) is 12.6 Å². The van der Waals surface area contributed by atoms with Crippen molar-refractivity contribution in [3.05, 3.63) is 35.4 Å². The largest absolute Gasteiger partial charge is 0.282 e. The van der Waals surface area contributed by atoms with Crippen LogP contribution in [0.5, 0.6) is 0 Å². The third-order valence-corrected chi connectivity index (χ3v) is 4.45. The molecule has 2 aliphatic rings. The lowest BCUT2D eigenvalue weighted by atomic mass is 10.1. The molecule has 2 heterocycles. The molecule has 0 bridgehead atoms. The number of carbonyl (C=O) groups excluding carboxylic acids is 3. The third kappa shape index (κ3) is 2.01. The van der Waals surface area contributed by atoms with Crippen LogP contribution >= 0.6 is 24.0 Å². The SMILES string of the molecule is O=C1CSC(=S)N1CNN1C(=O)c2ccccc2C1=O. The van der Waals surface area contributed by atoms with Crippen molar-refractivity contribution in [1.82, 2.24) is 15.3 Å². The van der Waals surface area contributed by atoms with Crippen molar-refractivity contribution in [3.63, 3.8) is 0 Å². The molecule has 0 spiro atoms. The highest BCUT2D eigenvalue weighted by molar-refractivity contribution is 8.23. The number of hydrazine groups is 1. The van der Waals surface area contributed by atoms with E-state index in [1.165, 1.54) is 16.7 Å². The quantitative estimate of drug-likeness (QED) is 0.651. The summed E-state index contributed by atoms with van der Waals surface area (Å²) in [5.74, 6) is -0.682. The average Bonchev–Trinajstić information content (AvgIpc) is 2.89. The van der Waals surface area contributed by atoms with Crippen LogP contribution in [0.1, 0.15) is 20.7 Å². The van der Waals surface area contributed by atoms with Crippen molar-refractivity contribution in [2.45, 2.75) is 0 Å². The Balaban J connectivity index is 1.74. The Morgan fingerprint density at radius 3 is 2.25 bits per heavy atom. The number of benzene rings is 1. The van der Waals surface area contributed by atoms with Gasteiger partial charge in [-0.2, -0.15) is 0 Å². The maximum atomic E-state index is 12.1. The second-order valence-corrected chi connectivity index (χ2v) is 5.79. The molecule has 2 aliphatic heterocycles. The molecular formula is C12H9N3O3S2. The van der Waals surface area contributed by atoms with E-state index in [0.717, 1.165) is 5.01 Å². The zero-order chi connectivity index (χ0) is 14.3. The molecule has 1 saturated heterocycles. The number of hydrogen-bond donors (Lipinski definition) is 1. The van der Waals surface area contributed by atoms with Crippen LogP contribution in [-0.2, 0) is 4.79 Å². The fourth-order valence-electron chi connectivity index (χ4n) is 2.01. The van der Waals surface area contributed by atoms with Gasteiger partial charge in [0, 0.05) is 0 Å². The van der Waals surface area contributed by atoms with Gasteiger partial charge in [0.25, 0.3) is 11.8 Å². The summed E-state index contributed by atoms with van der Waals surface area (Å²) in [6, 6.07) is 6.59. The summed E-state index contributed by atoms with van der Waals surface area (Å²) in [7, 11) is 0. The van der Waals surface area contributed by atoms with Gasteiger partial charge in [0.2, 0.25) is 5.91 Å². The highest BCUT2D eigenvalue weighted by Crippen LogP contribution is 2.22. The lowest BCUT2D eigenvalue weighted by Gasteiger charge is -2.20. The Morgan fingerprint density at radius 2 is 1.75 bits per heavy atom. The Kier molecular flexibility index (Phi) is 3.28. The number of thiocarbonyl (C=S) groups is 1. The number of amides is 3. The van der Waals surface area contributed by atoms with E-state index in [0.29, 0.717) is 21.2 Å². The maximum Gasteiger partial charge on any atom is 0.276 e. The summed E-state index contributed by atoms with van der Waals surface area (Å²) in [6.45, 7) is 0.0101. The van der Waals surface area contributed by atoms with Gasteiger partial charge in [0.1, 0.15) is 4.32 Å². The van der Waals surface area contributed by atoms with Crippen LogP contribution < -0.4 is 5.43 Å². The number of thioether (sulfide) groups is 1. The van der Waals surface area contributed by atoms with E-state index in [2.05, 4.69) is 5.43 Å². The van der Waals surface area contributed by atoms with Gasteiger partial charge in [-0.3, -0.25) is 19.3 Å². The van der Waals surface area contributed by atoms with E-state index >= 15 is 0 Å². The number of fused-ring (bicyclic) bond motifs is 1. The standard InChI is InChI=1S/C12H9N3O3S2/c16-9-5-20-12(19)14(9)6-13-15-10(17)7-3-1-2-4-8(7)11(15)18/h1-4,13H,5-6H2. The third-order valence-electron chi connectivity index (χ3n) is 3.02. The second kappa shape index (κ2) is 4.97. The molecule has 102 valence electrons. The Bertz CT molecular complexity index is 596. The Hall–Kier alpha value is -1.77. The molecule has 0 radical (unpaired) electrons. The molecule has 0 aliphatic carbocycles. The predicted molar refractivity (Wildman–Crippen MR) is 76.8 cm³/mol. The fraction of sp³-hybridized carbons (Fsp3) is 0.167. The smallest absolute Gasteiger partial charge is 0.276 e. The first-order chi connectivity index (χ1) is 9.59. The zero-order valence-electron chi connectivity index (χ0n) is 10.2. The molecule has 6 nitrogen and oxygen atoms in total. The highest BCUT2D eigenvalue weighted by Gasteiger charge is 2.36. The lowest BCUT2D eigenvalue weighted by Crippen LogP contribution is -2.49. The van der Waals surface area contributed by atoms with Gasteiger partial charge in [0.05, 0.1) is 23.5 Å². The van der Waals surface area contributed by atoms with Crippen molar-refractivity contribution in [2.24, 2.45) is 0 Å². The summed E-state index contributed by atoms with van der Waals surface area (Å²) in [5.41, 5.74) is 3.38. The summed E-state index contributed by atoms with van der Waals surface area (Å²) in [4.78, 5) is 37.0. The molecule has 1 aromatic carbocycles. The normalized spacial score (nSPS) is 18.2. The molecule has 3 rings (SSSR count). The van der Waals surface area contributed by atoms with Crippen molar-refractivity contribution in [3.8, 4) is 0 Å². The van der Waals surface area contributed by atoms with Crippen LogP contribution in [0.25, 0.3) is 0 Å². The first-order valence-corrected chi connectivity index (χ1v) is 7.17. The molecular weight excluding hydrogens is 298 g/mol. The van der Waals surface area contributed by atoms with Gasteiger partial charge in [0.15, 0.2) is 0 Å². The number of imide groups is 1. The highest BCUT2D eigenvalue weighted by atomic mass is 32.2. The van der Waals surface area contributed by atoms with Gasteiger partial charge in [-0.1, -0.05) is 36.1 Å². The number of hydrogen-bond acceptors (Lipinski definition) is 6. The first-order valence-electron chi connectivity index (χ1n) is 5.78. The summed E-state index contributed by atoms with van der Waals surface area (Å²) in [6.07, 6.45) is 0. The van der Waals surface area contributed by atoms with Gasteiger partial charge in [-0.15, -0.1) is 0 Å². The van der Waals surface area contributed by atoms with Crippen molar-refractivity contribution in [1.29, 1.82) is 0 Å². The molecule has 1 N–H and O–H groups in total. The topological polar surface area (TPSA) is 69.7 Å². The van der Waals surface area contributed by atoms with Gasteiger partial charge in [-0.05, 0) is 12.1 Å². The van der Waals surface area contributed by atoms with Crippen LogP contribution in [0.3, 0.4) is 0 Å². The molecule has 20 heavy (non-hydrogen) atoms. The minimum Gasteiger partial charge on any atom is -0.282 e. The number of nitrogens with zero attached hydrogens (tertiary/aromatic N) is 2. The lowest BCUT2D eigenvalue weighted by molar-refractivity contribution is -0.124. The fourth-order valence-corrected chi connectivity index (χ4v) is 3.08. The van der Waals surface area contributed by atoms with Gasteiger partial charge < -0.3 is 0 Å². The first kappa shape index (κ1) is 13.2. The van der Waals surface area contributed by atoms with E-state index in [9.17, 15) is 14.4 Å². The van der Waals surface area contributed by atoms with E-state index in [1.54, 1.807) is 24.3 Å². The molecule has 0 atom stereocenters. The van der Waals surface area contributed by atoms with Gasteiger partial charge >= 0.3 is 0 Å². The molecule has 0 unspecified atom stereocenters. The number of rotatable bonds is 3. The van der Waals surface area contributed by atoms with Crippen LogP contribution in [0.2, 0.25) is 0 Å². The minimum absolute atomic E-state index is 0.0101. The summed E-state index contributed by atoms with van der Waals surface area (Å²) in [5, 5.41) is 0.920. The number of carbonyl (C=O) groups is 3. The molecule has 1 fully saturated rings. The van der Waals surface area contributed by atoms with Crippen molar-refractivity contribution in [2.75, 3.05) is 12.4 Å². The van der Waals surface area contributed by atoms with E-state index in [4.69, 9.17) is 12.2 Å². The van der Waals surface area contributed by atoms with Crippen molar-refractivity contribution < 1.29 is 14.4 Å². The van der Waals surface area contributed by atoms with Crippen molar-refractivity contribution >= 4 is 46.0 Å². The Morgan fingerprint density at radius 1 is 1.15 bits per heavy atom. The summed E-state index contributed by atoms with van der Waals surface area (Å²) < 4.78 is 0.444. The van der Waals surface area contributed by atoms with Crippen LogP contribution in [0, 0.1) is 0 Å². The van der Waals surface area contributed by atoms with Gasteiger partial charge in [-0.25, -0.2) is 10.4 Å². The minimum atomic E-state index is -0.421. The second-order valence-electron chi connectivity index (χ2n) is 4.18. The Labute approximate surface area is 124 Å². The maximum absolute atomic E-state index is 12.1. The van der Waals surface area contributed by atoms with Crippen LogP contribution in [0.15, 0.2) is 24.3 Å². The monoisotopic (exact) mass is 307 g/mol. The predicted octanol–water partition coefficient (Wildman–Crippen LogP) is 0.605. The molecule has 1 aromatic rings. The van der Waals surface area contributed by atoms with Crippen LogP contribution in [-0.4, -0.2) is 44.4 Å². The number of nitrogens with one attached hydrogen (secondary N) is 1. The molecule has 8 heteroatoms. The molecule has 0 saturated carbocycles.